The Morgan fingerprint density at radius 3 is 2.67 bits per heavy atom. The number of nitrogens with one attached hydrogen (secondary N) is 1. The number of thioether (sulfide) groups is 1. The number of carbonyl (C=O) groups is 1. The Morgan fingerprint density at radius 1 is 1.33 bits per heavy atom. The summed E-state index contributed by atoms with van der Waals surface area (Å²) in [6.07, 6.45) is 4.21. The van der Waals surface area contributed by atoms with Gasteiger partial charge in [-0.15, -0.1) is 11.8 Å². The highest BCUT2D eigenvalue weighted by atomic mass is 32.2. The second-order valence-electron chi connectivity index (χ2n) is 5.49. The molecule has 0 fully saturated rings. The monoisotopic (exact) mass is 347 g/mol. The third-order valence-corrected chi connectivity index (χ3v) is 4.77. The van der Waals surface area contributed by atoms with Crippen molar-refractivity contribution in [1.29, 1.82) is 0 Å². The first-order valence-electron chi connectivity index (χ1n) is 7.82. The normalized spacial score (nSPS) is 11.2. The van der Waals surface area contributed by atoms with Gasteiger partial charge in [-0.2, -0.15) is 5.10 Å². The second-order valence-corrected chi connectivity index (χ2v) is 6.66. The minimum absolute atomic E-state index is 0.107. The van der Waals surface area contributed by atoms with E-state index in [-0.39, 0.29) is 11.7 Å². The van der Waals surface area contributed by atoms with Crippen LogP contribution in [0.5, 0.6) is 0 Å². The molecule has 0 atom stereocenters. The molecule has 0 aliphatic heterocycles. The van der Waals surface area contributed by atoms with E-state index in [1.165, 1.54) is 12.1 Å². The van der Waals surface area contributed by atoms with Crippen molar-refractivity contribution < 1.29 is 9.18 Å². The molecule has 24 heavy (non-hydrogen) atoms. The zero-order valence-electron chi connectivity index (χ0n) is 14.2. The van der Waals surface area contributed by atoms with Gasteiger partial charge in [-0.1, -0.05) is 0 Å². The van der Waals surface area contributed by atoms with Gasteiger partial charge in [0.05, 0.1) is 5.69 Å². The third-order valence-electron chi connectivity index (χ3n) is 3.67. The molecular formula is C18H22FN3OS. The summed E-state index contributed by atoms with van der Waals surface area (Å²) >= 11 is 1.65. The number of benzene rings is 1. The van der Waals surface area contributed by atoms with Crippen LogP contribution in [0.1, 0.15) is 23.4 Å². The molecular weight excluding hydrogens is 325 g/mol. The van der Waals surface area contributed by atoms with Crippen LogP contribution in [-0.4, -0.2) is 28.0 Å². The van der Waals surface area contributed by atoms with E-state index in [1.54, 1.807) is 40.7 Å². The van der Waals surface area contributed by atoms with Gasteiger partial charge in [-0.05, 0) is 56.4 Å². The molecule has 0 aliphatic carbocycles. The number of halogens is 1. The lowest BCUT2D eigenvalue weighted by atomic mass is 10.2. The fourth-order valence-corrected chi connectivity index (χ4v) is 3.11. The number of aromatic nitrogens is 2. The molecule has 1 aromatic carbocycles. The van der Waals surface area contributed by atoms with E-state index in [2.05, 4.69) is 10.4 Å². The molecule has 6 heteroatoms. The maximum Gasteiger partial charge on any atom is 0.244 e. The van der Waals surface area contributed by atoms with Gasteiger partial charge in [-0.3, -0.25) is 9.48 Å². The lowest BCUT2D eigenvalue weighted by Crippen LogP contribution is -2.22. The van der Waals surface area contributed by atoms with Crippen LogP contribution < -0.4 is 5.32 Å². The standard InChI is InChI=1S/C18H22FN3OS/c1-13-17(14(2)22(3)21-13)9-10-18(23)20-11-4-12-24-16-7-5-15(19)6-8-16/h5-10H,4,11-12H2,1-3H3,(H,20,23)/b10-9+. The summed E-state index contributed by atoms with van der Waals surface area (Å²) < 4.78 is 14.6. The molecule has 0 radical (unpaired) electrons. The summed E-state index contributed by atoms with van der Waals surface area (Å²) in [6.45, 7) is 4.52. The fourth-order valence-electron chi connectivity index (χ4n) is 2.25. The number of amides is 1. The highest BCUT2D eigenvalue weighted by Crippen LogP contribution is 2.18. The van der Waals surface area contributed by atoms with Crippen LogP contribution in [0, 0.1) is 19.7 Å². The van der Waals surface area contributed by atoms with Gasteiger partial charge in [0.2, 0.25) is 5.91 Å². The van der Waals surface area contributed by atoms with Gasteiger partial charge in [0.1, 0.15) is 5.82 Å². The molecule has 0 bridgehead atoms. The lowest BCUT2D eigenvalue weighted by molar-refractivity contribution is -0.116. The highest BCUT2D eigenvalue weighted by Gasteiger charge is 2.06. The number of carbonyl (C=O) groups excluding carboxylic acids is 1. The summed E-state index contributed by atoms with van der Waals surface area (Å²) in [4.78, 5) is 12.9. The predicted octanol–water partition coefficient (Wildman–Crippen LogP) is 3.49. The number of nitrogens with zero attached hydrogens (tertiary/aromatic N) is 2. The van der Waals surface area contributed by atoms with Gasteiger partial charge in [-0.25, -0.2) is 4.39 Å². The van der Waals surface area contributed by atoms with E-state index in [0.29, 0.717) is 6.54 Å². The molecule has 1 heterocycles. The Morgan fingerprint density at radius 2 is 2.04 bits per heavy atom. The summed E-state index contributed by atoms with van der Waals surface area (Å²) in [7, 11) is 1.89. The Hall–Kier alpha value is -2.08. The van der Waals surface area contributed by atoms with Crippen LogP contribution >= 0.6 is 11.8 Å². The van der Waals surface area contributed by atoms with E-state index in [0.717, 1.165) is 34.0 Å². The molecule has 0 unspecified atom stereocenters. The van der Waals surface area contributed by atoms with Crippen LogP contribution in [0.25, 0.3) is 6.08 Å². The third kappa shape index (κ3) is 5.23. The molecule has 1 aromatic heterocycles. The SMILES string of the molecule is Cc1nn(C)c(C)c1/C=C/C(=O)NCCCSc1ccc(F)cc1. The van der Waals surface area contributed by atoms with E-state index < -0.39 is 0 Å². The molecule has 128 valence electrons. The summed E-state index contributed by atoms with van der Waals surface area (Å²) in [5.74, 6) is 0.540. The van der Waals surface area contributed by atoms with E-state index in [1.807, 2.05) is 20.9 Å². The van der Waals surface area contributed by atoms with Crippen LogP contribution in [0.15, 0.2) is 35.2 Å². The van der Waals surface area contributed by atoms with Crippen LogP contribution in [0.3, 0.4) is 0 Å². The number of rotatable bonds is 7. The minimum Gasteiger partial charge on any atom is -0.353 e. The Kier molecular flexibility index (Phi) is 6.61. The molecule has 4 nitrogen and oxygen atoms in total. The number of hydrogen-bond acceptors (Lipinski definition) is 3. The highest BCUT2D eigenvalue weighted by molar-refractivity contribution is 7.99. The van der Waals surface area contributed by atoms with Crippen molar-refractivity contribution in [2.45, 2.75) is 25.2 Å². The van der Waals surface area contributed by atoms with Crippen LogP contribution in [-0.2, 0) is 11.8 Å². The molecule has 2 aromatic rings. The predicted molar refractivity (Wildman–Crippen MR) is 96.5 cm³/mol. The van der Waals surface area contributed by atoms with Gasteiger partial charge in [0.15, 0.2) is 0 Å². The molecule has 1 N–H and O–H groups in total. The summed E-state index contributed by atoms with van der Waals surface area (Å²) in [5, 5.41) is 7.18. The van der Waals surface area contributed by atoms with Crippen molar-refractivity contribution in [3.8, 4) is 0 Å². The first-order valence-corrected chi connectivity index (χ1v) is 8.80. The summed E-state index contributed by atoms with van der Waals surface area (Å²) in [6, 6.07) is 6.44. The zero-order valence-corrected chi connectivity index (χ0v) is 15.0. The van der Waals surface area contributed by atoms with Gasteiger partial charge >= 0.3 is 0 Å². The van der Waals surface area contributed by atoms with Crippen molar-refractivity contribution in [1.82, 2.24) is 15.1 Å². The minimum atomic E-state index is -0.225. The van der Waals surface area contributed by atoms with E-state index in [4.69, 9.17) is 0 Å². The first kappa shape index (κ1) is 18.3. The molecule has 0 saturated carbocycles. The maximum absolute atomic E-state index is 12.8. The molecule has 0 saturated heterocycles. The average Bonchev–Trinajstić information content (AvgIpc) is 2.79. The quantitative estimate of drug-likeness (QED) is 0.474. The fraction of sp³-hybridized carbons (Fsp3) is 0.333. The molecule has 1 amide bonds. The van der Waals surface area contributed by atoms with Crippen molar-refractivity contribution in [3.05, 3.63) is 53.1 Å². The van der Waals surface area contributed by atoms with Gasteiger partial charge in [0, 0.05) is 35.8 Å². The Bertz CT molecular complexity index is 723. The topological polar surface area (TPSA) is 46.9 Å². The second kappa shape index (κ2) is 8.68. The zero-order chi connectivity index (χ0) is 17.5. The maximum atomic E-state index is 12.8. The number of hydrogen-bond donors (Lipinski definition) is 1. The van der Waals surface area contributed by atoms with Crippen LogP contribution in [0.2, 0.25) is 0 Å². The Balaban J connectivity index is 1.69. The number of aryl methyl sites for hydroxylation is 2. The smallest absolute Gasteiger partial charge is 0.244 e. The van der Waals surface area contributed by atoms with Gasteiger partial charge in [0.25, 0.3) is 0 Å². The van der Waals surface area contributed by atoms with E-state index in [9.17, 15) is 9.18 Å². The first-order chi connectivity index (χ1) is 11.5. The van der Waals surface area contributed by atoms with Crippen LogP contribution in [0.4, 0.5) is 4.39 Å². The molecule has 0 spiro atoms. The molecule has 2 rings (SSSR count). The summed E-state index contributed by atoms with van der Waals surface area (Å²) in [5.41, 5.74) is 2.93. The van der Waals surface area contributed by atoms with Gasteiger partial charge < -0.3 is 5.32 Å². The van der Waals surface area contributed by atoms with Crippen molar-refractivity contribution in [3.63, 3.8) is 0 Å². The largest absolute Gasteiger partial charge is 0.353 e. The van der Waals surface area contributed by atoms with Crippen molar-refractivity contribution in [2.75, 3.05) is 12.3 Å². The molecule has 0 aliphatic rings. The average molecular weight is 347 g/mol. The van der Waals surface area contributed by atoms with Crippen molar-refractivity contribution in [2.24, 2.45) is 7.05 Å². The lowest BCUT2D eigenvalue weighted by Gasteiger charge is -2.03. The Labute approximate surface area is 146 Å². The van der Waals surface area contributed by atoms with Crippen molar-refractivity contribution >= 4 is 23.7 Å². The van der Waals surface area contributed by atoms with E-state index >= 15 is 0 Å².